The van der Waals surface area contributed by atoms with Crippen molar-refractivity contribution in [3.8, 4) is 0 Å². The molecule has 2 heterocycles. The van der Waals surface area contributed by atoms with E-state index in [1.165, 1.54) is 4.90 Å². The van der Waals surface area contributed by atoms with Crippen molar-refractivity contribution in [3.63, 3.8) is 0 Å². The zero-order chi connectivity index (χ0) is 12.0. The third-order valence-electron chi connectivity index (χ3n) is 3.03. The summed E-state index contributed by atoms with van der Waals surface area (Å²) in [5.41, 5.74) is 1.00. The van der Waals surface area contributed by atoms with Crippen LogP contribution in [0.1, 0.15) is 18.4 Å². The second-order valence-electron chi connectivity index (χ2n) is 4.38. The van der Waals surface area contributed by atoms with E-state index in [4.69, 9.17) is 0 Å². The van der Waals surface area contributed by atoms with Crippen molar-refractivity contribution in [1.29, 1.82) is 0 Å². The molecular weight excluding hydrogens is 304 g/mol. The minimum absolute atomic E-state index is 0.0794. The van der Waals surface area contributed by atoms with Crippen LogP contribution < -0.4 is 0 Å². The lowest BCUT2D eigenvalue weighted by atomic mass is 10.3. The maximum atomic E-state index is 12.0. The summed E-state index contributed by atoms with van der Waals surface area (Å²) in [6, 6.07) is 2.14. The number of hydrogen-bond donors (Lipinski definition) is 0. The van der Waals surface area contributed by atoms with Crippen LogP contribution in [0.25, 0.3) is 0 Å². The van der Waals surface area contributed by atoms with Gasteiger partial charge in [-0.15, -0.1) is 11.3 Å². The van der Waals surface area contributed by atoms with Crippen molar-refractivity contribution in [2.45, 2.75) is 25.4 Å². The molecule has 0 atom stereocenters. The first-order chi connectivity index (χ1) is 8.15. The van der Waals surface area contributed by atoms with Crippen LogP contribution >= 0.6 is 27.3 Å². The van der Waals surface area contributed by atoms with Crippen LogP contribution in [0.3, 0.4) is 0 Å². The van der Waals surface area contributed by atoms with Gasteiger partial charge < -0.3 is 4.90 Å². The van der Waals surface area contributed by atoms with Crippen molar-refractivity contribution in [2.75, 3.05) is 6.54 Å². The lowest BCUT2D eigenvalue weighted by molar-refractivity contribution is -0.125. The van der Waals surface area contributed by atoms with Crippen LogP contribution in [0.5, 0.6) is 0 Å². The molecule has 3 rings (SSSR count). The molecule has 2 aliphatic rings. The zero-order valence-corrected chi connectivity index (χ0v) is 11.5. The Balaban J connectivity index is 1.74. The van der Waals surface area contributed by atoms with Gasteiger partial charge >= 0.3 is 6.03 Å². The van der Waals surface area contributed by atoms with E-state index in [0.29, 0.717) is 12.6 Å². The molecule has 1 aromatic heterocycles. The smallest absolute Gasteiger partial charge is 0.312 e. The molecule has 90 valence electrons. The average molecular weight is 315 g/mol. The number of rotatable bonds is 3. The van der Waals surface area contributed by atoms with Gasteiger partial charge in [-0.05, 0) is 45.8 Å². The van der Waals surface area contributed by atoms with Crippen LogP contribution in [-0.2, 0) is 11.3 Å². The van der Waals surface area contributed by atoms with E-state index >= 15 is 0 Å². The Morgan fingerprint density at radius 2 is 2.18 bits per heavy atom. The Morgan fingerprint density at radius 1 is 1.41 bits per heavy atom. The molecule has 1 aliphatic heterocycles. The summed E-state index contributed by atoms with van der Waals surface area (Å²) in [6.45, 7) is 0.651. The number of amides is 3. The topological polar surface area (TPSA) is 40.6 Å². The highest BCUT2D eigenvalue weighted by Crippen LogP contribution is 2.31. The van der Waals surface area contributed by atoms with Gasteiger partial charge in [0.15, 0.2) is 0 Å². The van der Waals surface area contributed by atoms with Crippen molar-refractivity contribution in [2.24, 2.45) is 0 Å². The van der Waals surface area contributed by atoms with Crippen molar-refractivity contribution in [1.82, 2.24) is 9.80 Å². The Bertz CT molecular complexity index is 484. The summed E-state index contributed by atoms with van der Waals surface area (Å²) in [6.07, 6.45) is 2.08. The van der Waals surface area contributed by atoms with Crippen molar-refractivity contribution in [3.05, 3.63) is 20.8 Å². The van der Waals surface area contributed by atoms with E-state index in [0.717, 1.165) is 22.2 Å². The lowest BCUT2D eigenvalue weighted by Gasteiger charge is -2.15. The molecule has 0 spiro atoms. The van der Waals surface area contributed by atoms with E-state index in [1.54, 1.807) is 16.2 Å². The highest BCUT2D eigenvalue weighted by Gasteiger charge is 2.43. The highest BCUT2D eigenvalue weighted by atomic mass is 79.9. The Hall–Kier alpha value is -0.880. The second-order valence-corrected chi connectivity index (χ2v) is 6.67. The normalized spacial score (nSPS) is 20.5. The number of thiophene rings is 1. The number of carbonyl (C=O) groups is 2. The summed E-state index contributed by atoms with van der Waals surface area (Å²) < 4.78 is 1.02. The van der Waals surface area contributed by atoms with Gasteiger partial charge in [0.05, 0.1) is 10.3 Å². The molecule has 1 aliphatic carbocycles. The summed E-state index contributed by atoms with van der Waals surface area (Å²) in [5.74, 6) is -0.0794. The first kappa shape index (κ1) is 11.2. The standard InChI is InChI=1S/C11H11BrN2O2S/c12-9-3-7(6-17-9)4-14-10(15)5-13(11(14)16)8-1-2-8/h3,6,8H,1-2,4-5H2. The van der Waals surface area contributed by atoms with Gasteiger partial charge in [0.1, 0.15) is 6.54 Å². The summed E-state index contributed by atoms with van der Waals surface area (Å²) >= 11 is 4.94. The van der Waals surface area contributed by atoms with E-state index < -0.39 is 0 Å². The molecule has 3 amide bonds. The molecular formula is C11H11BrN2O2S. The maximum Gasteiger partial charge on any atom is 0.327 e. The minimum atomic E-state index is -0.125. The number of halogens is 1. The zero-order valence-electron chi connectivity index (χ0n) is 9.06. The Morgan fingerprint density at radius 3 is 2.76 bits per heavy atom. The predicted octanol–water partition coefficient (Wildman–Crippen LogP) is 2.44. The van der Waals surface area contributed by atoms with Gasteiger partial charge in [-0.3, -0.25) is 9.69 Å². The average Bonchev–Trinajstić information content (AvgIpc) is 3.00. The SMILES string of the molecule is O=C1CN(C2CC2)C(=O)N1Cc1csc(Br)c1. The van der Waals surface area contributed by atoms with E-state index in [-0.39, 0.29) is 18.5 Å². The van der Waals surface area contributed by atoms with E-state index in [9.17, 15) is 9.59 Å². The second kappa shape index (κ2) is 4.10. The monoisotopic (exact) mass is 314 g/mol. The molecule has 6 heteroatoms. The number of urea groups is 1. The van der Waals surface area contributed by atoms with Crippen LogP contribution in [0.15, 0.2) is 15.2 Å². The molecule has 0 aromatic carbocycles. The third kappa shape index (κ3) is 2.11. The third-order valence-corrected chi connectivity index (χ3v) is 4.59. The number of carbonyl (C=O) groups excluding carboxylic acids is 2. The largest absolute Gasteiger partial charge is 0.327 e. The van der Waals surface area contributed by atoms with E-state index in [1.807, 2.05) is 11.4 Å². The highest BCUT2D eigenvalue weighted by molar-refractivity contribution is 9.11. The summed E-state index contributed by atoms with van der Waals surface area (Å²) in [5, 5.41) is 1.96. The van der Waals surface area contributed by atoms with Crippen LogP contribution in [0.2, 0.25) is 0 Å². The minimum Gasteiger partial charge on any atom is -0.312 e. The summed E-state index contributed by atoms with van der Waals surface area (Å²) in [7, 11) is 0. The molecule has 17 heavy (non-hydrogen) atoms. The fraction of sp³-hybridized carbons (Fsp3) is 0.455. The van der Waals surface area contributed by atoms with Crippen LogP contribution in [0, 0.1) is 0 Å². The number of nitrogens with zero attached hydrogens (tertiary/aromatic N) is 2. The van der Waals surface area contributed by atoms with Crippen LogP contribution in [0.4, 0.5) is 4.79 Å². The molecule has 1 saturated heterocycles. The molecule has 0 radical (unpaired) electrons. The van der Waals surface area contributed by atoms with Gasteiger partial charge in [-0.2, -0.15) is 0 Å². The van der Waals surface area contributed by atoms with Gasteiger partial charge in [0.25, 0.3) is 5.91 Å². The number of hydrogen-bond acceptors (Lipinski definition) is 3. The molecule has 0 unspecified atom stereocenters. The molecule has 0 N–H and O–H groups in total. The van der Waals surface area contributed by atoms with Gasteiger partial charge in [0, 0.05) is 6.04 Å². The predicted molar refractivity (Wildman–Crippen MR) is 67.7 cm³/mol. The Labute approximate surface area is 111 Å². The fourth-order valence-electron chi connectivity index (χ4n) is 2.00. The van der Waals surface area contributed by atoms with Gasteiger partial charge in [-0.25, -0.2) is 4.79 Å². The molecule has 1 saturated carbocycles. The molecule has 1 aromatic rings. The van der Waals surface area contributed by atoms with Gasteiger partial charge in [-0.1, -0.05) is 0 Å². The van der Waals surface area contributed by atoms with Crippen molar-refractivity contribution >= 4 is 39.2 Å². The molecule has 4 nitrogen and oxygen atoms in total. The lowest BCUT2D eigenvalue weighted by Crippen LogP contribution is -2.33. The molecule has 0 bridgehead atoms. The van der Waals surface area contributed by atoms with E-state index in [2.05, 4.69) is 15.9 Å². The maximum absolute atomic E-state index is 12.0. The van der Waals surface area contributed by atoms with Crippen LogP contribution in [-0.4, -0.2) is 34.3 Å². The molecule has 2 fully saturated rings. The van der Waals surface area contributed by atoms with Crippen molar-refractivity contribution < 1.29 is 9.59 Å². The number of imide groups is 1. The first-order valence-corrected chi connectivity index (χ1v) is 7.16. The quantitative estimate of drug-likeness (QED) is 0.804. The van der Waals surface area contributed by atoms with Gasteiger partial charge in [0.2, 0.25) is 0 Å². The fourth-order valence-corrected chi connectivity index (χ4v) is 3.20. The summed E-state index contributed by atoms with van der Waals surface area (Å²) in [4.78, 5) is 26.9. The first-order valence-electron chi connectivity index (χ1n) is 5.49. The Kier molecular flexibility index (Phi) is 2.71.